The van der Waals surface area contributed by atoms with Gasteiger partial charge in [-0.25, -0.2) is 5.43 Å². The van der Waals surface area contributed by atoms with Gasteiger partial charge in [0.05, 0.1) is 24.5 Å². The van der Waals surface area contributed by atoms with E-state index in [1.165, 1.54) is 6.21 Å². The van der Waals surface area contributed by atoms with Crippen LogP contribution in [-0.4, -0.2) is 18.7 Å². The molecule has 0 radical (unpaired) electrons. The predicted molar refractivity (Wildman–Crippen MR) is 124 cm³/mol. The summed E-state index contributed by atoms with van der Waals surface area (Å²) in [7, 11) is 0. The molecule has 0 unspecified atom stereocenters. The molecule has 3 rings (SSSR count). The summed E-state index contributed by atoms with van der Waals surface area (Å²) in [4.78, 5) is 12.2. The first-order valence-corrected chi connectivity index (χ1v) is 10.4. The number of aryl methyl sites for hydroxylation is 1. The van der Waals surface area contributed by atoms with Gasteiger partial charge in [-0.05, 0) is 61.4 Å². The molecule has 0 spiro atoms. The van der Waals surface area contributed by atoms with Gasteiger partial charge in [0.1, 0.15) is 6.61 Å². The Morgan fingerprint density at radius 2 is 1.94 bits per heavy atom. The van der Waals surface area contributed by atoms with E-state index in [1.807, 2.05) is 32.0 Å². The highest BCUT2D eigenvalue weighted by Crippen LogP contribution is 2.29. The average Bonchev–Trinajstić information content (AvgIpc) is 2.80. The molecule has 1 N–H and O–H groups in total. The van der Waals surface area contributed by atoms with Crippen LogP contribution in [0.5, 0.6) is 11.5 Å². The second-order valence-electron chi connectivity index (χ2n) is 6.86. The largest absolute Gasteiger partial charge is 0.490 e. The van der Waals surface area contributed by atoms with E-state index in [1.54, 1.807) is 42.5 Å². The number of hydrazone groups is 1. The van der Waals surface area contributed by atoms with E-state index in [0.717, 1.165) is 16.7 Å². The number of rotatable bonds is 8. The molecule has 0 aliphatic carbocycles. The number of ether oxygens (including phenoxy) is 2. The second-order valence-corrected chi connectivity index (χ2v) is 7.27. The lowest BCUT2D eigenvalue weighted by Crippen LogP contribution is -2.17. The Balaban J connectivity index is 1.68. The Morgan fingerprint density at radius 3 is 2.69 bits per heavy atom. The van der Waals surface area contributed by atoms with E-state index in [4.69, 9.17) is 21.1 Å². The third kappa shape index (κ3) is 5.87. The smallest absolute Gasteiger partial charge is 0.271 e. The molecule has 3 aromatic carbocycles. The van der Waals surface area contributed by atoms with Crippen molar-refractivity contribution in [3.8, 4) is 17.6 Å². The second kappa shape index (κ2) is 11.0. The van der Waals surface area contributed by atoms with Crippen molar-refractivity contribution in [2.45, 2.75) is 20.5 Å². The number of benzene rings is 3. The minimum absolute atomic E-state index is 0.242. The highest BCUT2D eigenvalue weighted by Gasteiger charge is 2.09. The first-order chi connectivity index (χ1) is 15.5. The van der Waals surface area contributed by atoms with Gasteiger partial charge in [-0.15, -0.1) is 0 Å². The topological polar surface area (TPSA) is 83.7 Å². The van der Waals surface area contributed by atoms with E-state index < -0.39 is 0 Å². The van der Waals surface area contributed by atoms with E-state index in [2.05, 4.69) is 16.6 Å². The zero-order valence-electron chi connectivity index (χ0n) is 17.8. The van der Waals surface area contributed by atoms with Gasteiger partial charge in [-0.1, -0.05) is 35.9 Å². The van der Waals surface area contributed by atoms with Crippen molar-refractivity contribution in [1.29, 1.82) is 5.26 Å². The molecule has 1 amide bonds. The average molecular weight is 448 g/mol. The van der Waals surface area contributed by atoms with Gasteiger partial charge in [0.25, 0.3) is 5.91 Å². The molecule has 3 aromatic rings. The SMILES string of the molecule is CCOc1cc(/C=N\NC(=O)c2ccc(C)c(Cl)c2)ccc1OCc1ccccc1C#N. The number of nitriles is 1. The fraction of sp³-hybridized carbons (Fsp3) is 0.160. The molecule has 0 saturated carbocycles. The molecular weight excluding hydrogens is 426 g/mol. The van der Waals surface area contributed by atoms with Crippen LogP contribution in [0, 0.1) is 18.3 Å². The molecule has 0 bridgehead atoms. The van der Waals surface area contributed by atoms with Crippen LogP contribution in [0.3, 0.4) is 0 Å². The summed E-state index contributed by atoms with van der Waals surface area (Å²) in [5.41, 5.74) is 5.90. The fourth-order valence-electron chi connectivity index (χ4n) is 2.87. The number of halogens is 1. The maximum absolute atomic E-state index is 12.2. The first-order valence-electron chi connectivity index (χ1n) is 9.99. The van der Waals surface area contributed by atoms with Crippen LogP contribution in [-0.2, 0) is 6.61 Å². The van der Waals surface area contributed by atoms with Gasteiger partial charge in [-0.2, -0.15) is 10.4 Å². The number of hydrogen-bond acceptors (Lipinski definition) is 5. The molecule has 0 aliphatic heterocycles. The summed E-state index contributed by atoms with van der Waals surface area (Å²) in [5.74, 6) is 0.738. The molecule has 0 aromatic heterocycles. The number of nitrogens with zero attached hydrogens (tertiary/aromatic N) is 2. The minimum atomic E-state index is -0.357. The van der Waals surface area contributed by atoms with Gasteiger partial charge in [0.15, 0.2) is 11.5 Å². The highest BCUT2D eigenvalue weighted by molar-refractivity contribution is 6.31. The Morgan fingerprint density at radius 1 is 1.12 bits per heavy atom. The lowest BCUT2D eigenvalue weighted by molar-refractivity contribution is 0.0955. The normalized spacial score (nSPS) is 10.6. The van der Waals surface area contributed by atoms with Gasteiger partial charge in [-0.3, -0.25) is 4.79 Å². The molecule has 32 heavy (non-hydrogen) atoms. The van der Waals surface area contributed by atoms with E-state index in [0.29, 0.717) is 34.3 Å². The fourth-order valence-corrected chi connectivity index (χ4v) is 3.05. The van der Waals surface area contributed by atoms with Crippen LogP contribution in [0.25, 0.3) is 0 Å². The summed E-state index contributed by atoms with van der Waals surface area (Å²) in [6.07, 6.45) is 1.52. The third-order valence-corrected chi connectivity index (χ3v) is 5.01. The van der Waals surface area contributed by atoms with Gasteiger partial charge >= 0.3 is 0 Å². The maximum Gasteiger partial charge on any atom is 0.271 e. The summed E-state index contributed by atoms with van der Waals surface area (Å²) < 4.78 is 11.6. The zero-order chi connectivity index (χ0) is 22.9. The van der Waals surface area contributed by atoms with Crippen LogP contribution < -0.4 is 14.9 Å². The Bertz CT molecular complexity index is 1190. The van der Waals surface area contributed by atoms with E-state index >= 15 is 0 Å². The van der Waals surface area contributed by atoms with Crippen LogP contribution in [0.4, 0.5) is 0 Å². The summed E-state index contributed by atoms with van der Waals surface area (Å²) in [6.45, 7) is 4.44. The lowest BCUT2D eigenvalue weighted by Gasteiger charge is -2.13. The molecule has 7 heteroatoms. The molecular formula is C25H22ClN3O3. The highest BCUT2D eigenvalue weighted by atomic mass is 35.5. The van der Waals surface area contributed by atoms with Crippen LogP contribution in [0.1, 0.15) is 39.5 Å². The molecule has 0 atom stereocenters. The summed E-state index contributed by atoms with van der Waals surface area (Å²) >= 11 is 6.07. The molecule has 162 valence electrons. The first kappa shape index (κ1) is 22.9. The Labute approximate surface area is 192 Å². The molecule has 6 nitrogen and oxygen atoms in total. The summed E-state index contributed by atoms with van der Waals surface area (Å²) in [6, 6.07) is 19.8. The molecule has 0 aliphatic rings. The van der Waals surface area contributed by atoms with Gasteiger partial charge < -0.3 is 9.47 Å². The third-order valence-electron chi connectivity index (χ3n) is 4.60. The van der Waals surface area contributed by atoms with E-state index in [9.17, 15) is 10.1 Å². The van der Waals surface area contributed by atoms with Gasteiger partial charge in [0, 0.05) is 16.1 Å². The number of nitrogens with one attached hydrogen (secondary N) is 1. The van der Waals surface area contributed by atoms with Gasteiger partial charge in [0.2, 0.25) is 0 Å². The Hall–Kier alpha value is -3.82. The Kier molecular flexibility index (Phi) is 7.85. The lowest BCUT2D eigenvalue weighted by atomic mass is 10.1. The maximum atomic E-state index is 12.2. The molecule has 0 heterocycles. The molecule has 0 saturated heterocycles. The zero-order valence-corrected chi connectivity index (χ0v) is 18.5. The predicted octanol–water partition coefficient (Wildman–Crippen LogP) is 5.26. The minimum Gasteiger partial charge on any atom is -0.490 e. The van der Waals surface area contributed by atoms with Crippen molar-refractivity contribution < 1.29 is 14.3 Å². The van der Waals surface area contributed by atoms with Crippen molar-refractivity contribution in [2.75, 3.05) is 6.61 Å². The number of carbonyl (C=O) groups is 1. The monoisotopic (exact) mass is 447 g/mol. The van der Waals surface area contributed by atoms with Crippen molar-refractivity contribution in [3.63, 3.8) is 0 Å². The number of amides is 1. The quantitative estimate of drug-likeness (QED) is 0.377. The van der Waals surface area contributed by atoms with Crippen molar-refractivity contribution in [2.24, 2.45) is 5.10 Å². The van der Waals surface area contributed by atoms with Crippen LogP contribution in [0.15, 0.2) is 65.8 Å². The van der Waals surface area contributed by atoms with E-state index in [-0.39, 0.29) is 12.5 Å². The van der Waals surface area contributed by atoms with Crippen LogP contribution >= 0.6 is 11.6 Å². The number of carbonyl (C=O) groups excluding carboxylic acids is 1. The van der Waals surface area contributed by atoms with Crippen molar-refractivity contribution in [3.05, 3.63) is 93.5 Å². The molecule has 0 fully saturated rings. The van der Waals surface area contributed by atoms with Crippen molar-refractivity contribution in [1.82, 2.24) is 5.43 Å². The van der Waals surface area contributed by atoms with Crippen molar-refractivity contribution >= 4 is 23.7 Å². The number of hydrogen-bond donors (Lipinski definition) is 1. The summed E-state index contributed by atoms with van der Waals surface area (Å²) in [5, 5.41) is 13.8. The standard InChI is InChI=1S/C25H22ClN3O3/c1-3-31-24-12-18(15-28-29-25(30)19-10-8-17(2)22(26)13-19)9-11-23(24)32-16-21-7-5-4-6-20(21)14-27/h4-13,15H,3,16H2,1-2H3,(H,29,30)/b28-15-. The van der Waals surface area contributed by atoms with Crippen LogP contribution in [0.2, 0.25) is 5.02 Å².